The molecule has 0 saturated heterocycles. The molecule has 19 heavy (non-hydrogen) atoms. The second kappa shape index (κ2) is 7.06. The molecule has 0 spiro atoms. The van der Waals surface area contributed by atoms with E-state index in [0.29, 0.717) is 25.0 Å². The van der Waals surface area contributed by atoms with Crippen molar-refractivity contribution in [1.29, 1.82) is 5.26 Å². The molecule has 0 saturated carbocycles. The molecule has 0 aromatic carbocycles. The van der Waals surface area contributed by atoms with Crippen LogP contribution in [0.25, 0.3) is 0 Å². The molecule has 1 rings (SSSR count). The van der Waals surface area contributed by atoms with Gasteiger partial charge < -0.3 is 4.74 Å². The summed E-state index contributed by atoms with van der Waals surface area (Å²) < 4.78 is 29.4. The fourth-order valence-electron chi connectivity index (χ4n) is 1.24. The average molecular weight is 303 g/mol. The van der Waals surface area contributed by atoms with E-state index in [-0.39, 0.29) is 11.1 Å². The lowest BCUT2D eigenvalue weighted by Gasteiger charge is -1.99. The van der Waals surface area contributed by atoms with Crippen molar-refractivity contribution in [3.8, 4) is 6.07 Å². The van der Waals surface area contributed by atoms with Gasteiger partial charge in [0, 0.05) is 11.8 Å². The monoisotopic (exact) mass is 303 g/mol. The van der Waals surface area contributed by atoms with E-state index in [1.807, 2.05) is 0 Å². The Hall–Kier alpha value is -1.66. The Labute approximate surface area is 115 Å². The Balaban J connectivity index is 2.49. The van der Waals surface area contributed by atoms with E-state index in [9.17, 15) is 13.2 Å². The van der Waals surface area contributed by atoms with Crippen LogP contribution in [0.5, 0.6) is 0 Å². The Morgan fingerprint density at radius 3 is 3.00 bits per heavy atom. The van der Waals surface area contributed by atoms with Crippen LogP contribution in [-0.4, -0.2) is 32.2 Å². The third kappa shape index (κ3) is 5.67. The fourth-order valence-corrected chi connectivity index (χ4v) is 2.95. The van der Waals surface area contributed by atoms with Gasteiger partial charge in [-0.15, -0.1) is 11.3 Å². The van der Waals surface area contributed by atoms with Gasteiger partial charge in [0.15, 0.2) is 10.9 Å². The van der Waals surface area contributed by atoms with Crippen molar-refractivity contribution >= 4 is 32.5 Å². The Kier molecular flexibility index (Phi) is 5.72. The maximum absolute atomic E-state index is 11.3. The Bertz CT molecular complexity index is 574. The molecule has 0 unspecified atom stereocenters. The number of esters is 1. The largest absolute Gasteiger partial charge is 0.469 e. The SMILES string of the molecule is COC(=O)CCCc1csc(NS(=O)(=O)CC#N)n1. The van der Waals surface area contributed by atoms with Gasteiger partial charge in [-0.05, 0) is 12.8 Å². The summed E-state index contributed by atoms with van der Waals surface area (Å²) >= 11 is 1.14. The molecule has 7 nitrogen and oxygen atoms in total. The number of nitrogens with zero attached hydrogens (tertiary/aromatic N) is 2. The highest BCUT2D eigenvalue weighted by atomic mass is 32.2. The lowest BCUT2D eigenvalue weighted by Crippen LogP contribution is -2.15. The zero-order valence-corrected chi connectivity index (χ0v) is 11.9. The number of hydrogen-bond acceptors (Lipinski definition) is 7. The highest BCUT2D eigenvalue weighted by Crippen LogP contribution is 2.18. The summed E-state index contributed by atoms with van der Waals surface area (Å²) in [6.45, 7) is 0. The summed E-state index contributed by atoms with van der Waals surface area (Å²) in [7, 11) is -2.32. The molecule has 9 heteroatoms. The zero-order chi connectivity index (χ0) is 14.3. The first kappa shape index (κ1) is 15.4. The van der Waals surface area contributed by atoms with Gasteiger partial charge in [-0.25, -0.2) is 13.4 Å². The molecule has 0 amide bonds. The summed E-state index contributed by atoms with van der Waals surface area (Å²) in [5, 5.41) is 10.3. The Morgan fingerprint density at radius 1 is 1.63 bits per heavy atom. The van der Waals surface area contributed by atoms with E-state index in [1.165, 1.54) is 7.11 Å². The summed E-state index contributed by atoms with van der Waals surface area (Å²) in [5.74, 6) is -0.894. The first-order valence-electron chi connectivity index (χ1n) is 5.35. The number of methoxy groups -OCH3 is 1. The number of anilines is 1. The van der Waals surface area contributed by atoms with Crippen LogP contribution in [0.2, 0.25) is 0 Å². The molecule has 0 aliphatic heterocycles. The van der Waals surface area contributed by atoms with Gasteiger partial charge in [-0.3, -0.25) is 9.52 Å². The number of thiazole rings is 1. The van der Waals surface area contributed by atoms with Crippen LogP contribution in [0.4, 0.5) is 5.13 Å². The van der Waals surface area contributed by atoms with Crippen molar-refractivity contribution in [1.82, 2.24) is 4.98 Å². The quantitative estimate of drug-likeness (QED) is 0.750. The molecule has 0 aliphatic rings. The fraction of sp³-hybridized carbons (Fsp3) is 0.500. The highest BCUT2D eigenvalue weighted by Gasteiger charge is 2.12. The van der Waals surface area contributed by atoms with Crippen LogP contribution in [0, 0.1) is 11.3 Å². The van der Waals surface area contributed by atoms with Crippen LogP contribution >= 0.6 is 11.3 Å². The predicted molar refractivity (Wildman–Crippen MR) is 70.1 cm³/mol. The van der Waals surface area contributed by atoms with Crippen LogP contribution in [0.1, 0.15) is 18.5 Å². The maximum Gasteiger partial charge on any atom is 0.305 e. The number of ether oxygens (including phenoxy) is 1. The average Bonchev–Trinajstić information content (AvgIpc) is 2.75. The third-order valence-electron chi connectivity index (χ3n) is 2.09. The number of carbonyl (C=O) groups is 1. The minimum absolute atomic E-state index is 0.225. The van der Waals surface area contributed by atoms with E-state index in [1.54, 1.807) is 11.4 Å². The molecule has 1 heterocycles. The maximum atomic E-state index is 11.3. The molecule has 0 bridgehead atoms. The number of carbonyl (C=O) groups excluding carboxylic acids is 1. The van der Waals surface area contributed by atoms with Crippen LogP contribution in [0.3, 0.4) is 0 Å². The van der Waals surface area contributed by atoms with Gasteiger partial charge in [0.05, 0.1) is 18.9 Å². The number of nitrogens with one attached hydrogen (secondary N) is 1. The molecule has 1 aromatic heterocycles. The minimum atomic E-state index is -3.65. The first-order valence-corrected chi connectivity index (χ1v) is 7.88. The zero-order valence-electron chi connectivity index (χ0n) is 10.2. The molecule has 0 radical (unpaired) electrons. The van der Waals surface area contributed by atoms with E-state index in [0.717, 1.165) is 11.3 Å². The van der Waals surface area contributed by atoms with Crippen molar-refractivity contribution in [3.63, 3.8) is 0 Å². The molecule has 0 atom stereocenters. The smallest absolute Gasteiger partial charge is 0.305 e. The van der Waals surface area contributed by atoms with Crippen molar-refractivity contribution in [2.24, 2.45) is 0 Å². The number of nitriles is 1. The topological polar surface area (TPSA) is 109 Å². The summed E-state index contributed by atoms with van der Waals surface area (Å²) in [6, 6.07) is 1.56. The van der Waals surface area contributed by atoms with Crippen molar-refractivity contribution in [3.05, 3.63) is 11.1 Å². The van der Waals surface area contributed by atoms with E-state index in [2.05, 4.69) is 14.4 Å². The van der Waals surface area contributed by atoms with Crippen LogP contribution in [0.15, 0.2) is 5.38 Å². The van der Waals surface area contributed by atoms with E-state index >= 15 is 0 Å². The minimum Gasteiger partial charge on any atom is -0.469 e. The van der Waals surface area contributed by atoms with Gasteiger partial charge in [0.2, 0.25) is 10.0 Å². The Morgan fingerprint density at radius 2 is 2.37 bits per heavy atom. The molecular formula is C10H13N3O4S2. The van der Waals surface area contributed by atoms with Crippen molar-refractivity contribution < 1.29 is 17.9 Å². The van der Waals surface area contributed by atoms with Gasteiger partial charge in [-0.1, -0.05) is 0 Å². The van der Waals surface area contributed by atoms with E-state index < -0.39 is 15.8 Å². The third-order valence-corrected chi connectivity index (χ3v) is 4.04. The van der Waals surface area contributed by atoms with Gasteiger partial charge in [0.25, 0.3) is 0 Å². The molecular weight excluding hydrogens is 290 g/mol. The lowest BCUT2D eigenvalue weighted by molar-refractivity contribution is -0.140. The molecule has 1 aromatic rings. The van der Waals surface area contributed by atoms with Gasteiger partial charge in [-0.2, -0.15) is 5.26 Å². The van der Waals surface area contributed by atoms with Gasteiger partial charge in [0.1, 0.15) is 0 Å². The second-order valence-electron chi connectivity index (χ2n) is 3.59. The lowest BCUT2D eigenvalue weighted by atomic mass is 10.2. The summed E-state index contributed by atoms with van der Waals surface area (Å²) in [6.07, 6.45) is 1.44. The van der Waals surface area contributed by atoms with E-state index in [4.69, 9.17) is 5.26 Å². The number of aryl methyl sites for hydroxylation is 1. The summed E-state index contributed by atoms with van der Waals surface area (Å²) in [5.41, 5.74) is 0.698. The normalized spacial score (nSPS) is 10.7. The molecule has 0 aliphatic carbocycles. The first-order chi connectivity index (χ1) is 8.96. The van der Waals surface area contributed by atoms with Crippen molar-refractivity contribution in [2.75, 3.05) is 17.6 Å². The predicted octanol–water partition coefficient (Wildman–Crippen LogP) is 0.904. The van der Waals surface area contributed by atoms with Crippen molar-refractivity contribution in [2.45, 2.75) is 19.3 Å². The standard InChI is InChI=1S/C10H13N3O4S2/c1-17-9(14)4-2-3-8-7-18-10(12-8)13-19(15,16)6-5-11/h7H,2-4,6H2,1H3,(H,12,13). The number of sulfonamides is 1. The molecule has 104 valence electrons. The second-order valence-corrected chi connectivity index (χ2v) is 6.17. The van der Waals surface area contributed by atoms with Gasteiger partial charge >= 0.3 is 5.97 Å². The van der Waals surface area contributed by atoms with Crippen LogP contribution in [-0.2, 0) is 26.0 Å². The molecule has 0 fully saturated rings. The number of aromatic nitrogens is 1. The number of rotatable bonds is 7. The summed E-state index contributed by atoms with van der Waals surface area (Å²) in [4.78, 5) is 15.0. The highest BCUT2D eigenvalue weighted by molar-refractivity contribution is 7.93. The van der Waals surface area contributed by atoms with Crippen LogP contribution < -0.4 is 4.72 Å². The number of hydrogen-bond donors (Lipinski definition) is 1. The molecule has 1 N–H and O–H groups in total.